The number of β-amino-alcohol motifs (C(OH)–C–C–N with tert-alkyl or cyclic N) is 1. The molecule has 8 aromatic rings. The van der Waals surface area contributed by atoms with E-state index in [1.54, 1.807) is 85.2 Å². The number of aliphatic hydroxyl groups is 1. The Bertz CT molecular complexity index is 3820. The SMILES string of the molecule is COc1ccc(C(=O)N2CCC(NC(=O)C(c3cccnc3)N(C(=O)c3ccn(-c4ccc(C(C(=O)N[C@H]5c6ccccc6C[C@@H]5OC[C@@H](O)CN5CCOCC5)N(C(=O)c5c[nH]cn5)c5ccc(C(C)(C)C)cc5)cn4)n3)c3ccc(C(C)(C)C)cc3)CC2)cc1. The van der Waals surface area contributed by atoms with Crippen LogP contribution in [0.4, 0.5) is 11.4 Å². The normalized spacial score (nSPS) is 17.2. The van der Waals surface area contributed by atoms with E-state index >= 15 is 19.2 Å². The van der Waals surface area contributed by atoms with Gasteiger partial charge in [0.1, 0.15) is 23.5 Å². The van der Waals surface area contributed by atoms with Crippen molar-refractivity contribution in [2.45, 2.75) is 108 Å². The lowest BCUT2D eigenvalue weighted by Gasteiger charge is -2.35. The number of amides is 5. The summed E-state index contributed by atoms with van der Waals surface area (Å²) >= 11 is 0. The van der Waals surface area contributed by atoms with Gasteiger partial charge in [0.25, 0.3) is 17.7 Å². The number of aromatic amines is 1. The third-order valence-electron chi connectivity index (χ3n) is 17.3. The largest absolute Gasteiger partial charge is 0.497 e. The molecule has 11 rings (SSSR count). The van der Waals surface area contributed by atoms with E-state index in [4.69, 9.17) is 24.3 Å². The van der Waals surface area contributed by atoms with E-state index in [0.717, 1.165) is 22.3 Å². The van der Waals surface area contributed by atoms with Crippen LogP contribution in [0.1, 0.15) is 137 Å². The maximum absolute atomic E-state index is 15.7. The number of hydrogen-bond donors (Lipinski definition) is 4. The zero-order chi connectivity index (χ0) is 64.7. The Hall–Kier alpha value is -9.41. The third-order valence-corrected chi connectivity index (χ3v) is 17.3. The molecule has 4 aromatic heterocycles. The monoisotopic (exact) mass is 1240 g/mol. The Morgan fingerprint density at radius 3 is 1.92 bits per heavy atom. The van der Waals surface area contributed by atoms with Gasteiger partial charge in [-0.25, -0.2) is 14.6 Å². The second-order valence-corrected chi connectivity index (χ2v) is 25.7. The van der Waals surface area contributed by atoms with Crippen LogP contribution >= 0.6 is 0 Å². The Morgan fingerprint density at radius 2 is 1.34 bits per heavy atom. The molecule has 3 aliphatic rings. The Balaban J connectivity index is 0.904. The van der Waals surface area contributed by atoms with Crippen molar-refractivity contribution in [3.05, 3.63) is 215 Å². The van der Waals surface area contributed by atoms with Gasteiger partial charge < -0.3 is 39.8 Å². The molecular formula is C71H80N12O9. The van der Waals surface area contributed by atoms with E-state index in [2.05, 4.69) is 72.0 Å². The van der Waals surface area contributed by atoms with E-state index in [9.17, 15) is 9.90 Å². The fourth-order valence-electron chi connectivity index (χ4n) is 12.2. The molecule has 0 saturated carbocycles. The van der Waals surface area contributed by atoms with Crippen molar-refractivity contribution in [2.24, 2.45) is 0 Å². The van der Waals surface area contributed by atoms with Crippen molar-refractivity contribution < 1.29 is 43.3 Å². The molecule has 92 heavy (non-hydrogen) atoms. The molecule has 4 aromatic carbocycles. The maximum Gasteiger partial charge on any atom is 0.279 e. The Labute approximate surface area is 536 Å². The summed E-state index contributed by atoms with van der Waals surface area (Å²) in [7, 11) is 1.57. The molecule has 0 bridgehead atoms. The Kier molecular flexibility index (Phi) is 19.5. The van der Waals surface area contributed by atoms with Crippen LogP contribution in [0.25, 0.3) is 5.82 Å². The molecule has 0 spiro atoms. The van der Waals surface area contributed by atoms with Gasteiger partial charge in [-0.05, 0) is 113 Å². The van der Waals surface area contributed by atoms with Crippen LogP contribution in [0.5, 0.6) is 5.75 Å². The van der Waals surface area contributed by atoms with Crippen LogP contribution in [-0.2, 0) is 36.3 Å². The average Bonchev–Trinajstić information content (AvgIpc) is 1.27. The number of nitrogens with one attached hydrogen (secondary N) is 3. The predicted molar refractivity (Wildman–Crippen MR) is 348 cm³/mol. The summed E-state index contributed by atoms with van der Waals surface area (Å²) < 4.78 is 18.8. The quantitative estimate of drug-likeness (QED) is 0.0558. The van der Waals surface area contributed by atoms with Gasteiger partial charge in [0.05, 0.1) is 51.5 Å². The minimum Gasteiger partial charge on any atom is -0.497 e. The van der Waals surface area contributed by atoms with Gasteiger partial charge in [-0.2, -0.15) is 5.10 Å². The minimum absolute atomic E-state index is 0.00298. The van der Waals surface area contributed by atoms with Crippen LogP contribution in [0.15, 0.2) is 165 Å². The number of H-pyrrole nitrogens is 1. The number of nitrogens with zero attached hydrogens (tertiary/aromatic N) is 9. The smallest absolute Gasteiger partial charge is 0.279 e. The highest BCUT2D eigenvalue weighted by atomic mass is 16.5. The third kappa shape index (κ3) is 14.7. The van der Waals surface area contributed by atoms with Crippen LogP contribution in [0.3, 0.4) is 0 Å². The number of imidazole rings is 1. The van der Waals surface area contributed by atoms with Crippen molar-refractivity contribution >= 4 is 40.9 Å². The molecule has 0 radical (unpaired) electrons. The van der Waals surface area contributed by atoms with Crippen molar-refractivity contribution in [2.75, 3.05) is 69.5 Å². The molecule has 21 heteroatoms. The van der Waals surface area contributed by atoms with Crippen molar-refractivity contribution in [1.29, 1.82) is 0 Å². The number of hydrogen-bond acceptors (Lipinski definition) is 14. The Morgan fingerprint density at radius 1 is 0.707 bits per heavy atom. The maximum atomic E-state index is 15.7. The zero-order valence-electron chi connectivity index (χ0n) is 53.1. The highest BCUT2D eigenvalue weighted by molar-refractivity contribution is 6.10. The highest BCUT2D eigenvalue weighted by Gasteiger charge is 2.41. The second kappa shape index (κ2) is 28.0. The molecule has 5 atom stereocenters. The molecule has 4 N–H and O–H groups in total. The number of likely N-dealkylation sites (tertiary alicyclic amines) is 1. The van der Waals surface area contributed by atoms with Crippen molar-refractivity contribution in [1.82, 2.24) is 50.1 Å². The first kappa shape index (κ1) is 64.1. The molecule has 478 valence electrons. The number of carbonyl (C=O) groups excluding carboxylic acids is 5. The summed E-state index contributed by atoms with van der Waals surface area (Å²) in [5.74, 6) is -1.30. The fraction of sp³-hybridized carbons (Fsp3) is 0.366. The van der Waals surface area contributed by atoms with E-state index in [1.165, 1.54) is 33.2 Å². The first-order chi connectivity index (χ1) is 44.3. The number of anilines is 2. The summed E-state index contributed by atoms with van der Waals surface area (Å²) in [4.78, 5) is 98.2. The van der Waals surface area contributed by atoms with Crippen molar-refractivity contribution in [3.63, 3.8) is 0 Å². The van der Waals surface area contributed by atoms with E-state index in [0.29, 0.717) is 99.0 Å². The van der Waals surface area contributed by atoms with Crippen LogP contribution in [0, 0.1) is 0 Å². The average molecular weight is 1250 g/mol. The summed E-state index contributed by atoms with van der Waals surface area (Å²) in [6.45, 7) is 16.5. The topological polar surface area (TPSA) is 243 Å². The molecular weight excluding hydrogens is 1160 g/mol. The van der Waals surface area contributed by atoms with Gasteiger partial charge in [0.2, 0.25) is 11.8 Å². The van der Waals surface area contributed by atoms with Gasteiger partial charge in [-0.1, -0.05) is 102 Å². The number of carbonyl (C=O) groups is 5. The first-order valence-electron chi connectivity index (χ1n) is 31.3. The molecule has 2 aliphatic heterocycles. The fourth-order valence-corrected chi connectivity index (χ4v) is 12.2. The van der Waals surface area contributed by atoms with E-state index < -0.39 is 54.0 Å². The molecule has 2 saturated heterocycles. The van der Waals surface area contributed by atoms with Gasteiger partial charge in [-0.3, -0.25) is 43.7 Å². The number of rotatable bonds is 20. The molecule has 5 amide bonds. The number of piperidine rings is 1. The van der Waals surface area contributed by atoms with Gasteiger partial charge in [0.15, 0.2) is 11.5 Å². The summed E-state index contributed by atoms with van der Waals surface area (Å²) in [6.07, 6.45) is 9.28. The number of methoxy groups -OCH3 is 1. The standard InChI is InChI=1S/C71H80N12O9/c1-70(2,3)50-17-21-53(22-18-50)82(63(48-12-10-31-72-40-48)65(85)76-52-28-32-80(33-29-52)67(87)46-14-25-56(90-7)26-15-46)68(88)58-30-34-81(78-58)61-27-16-49(41-74-61)64(83(69(89)59-42-73-45-75-59)54-23-19-51(20-24-54)71(4,5)6)66(86)77-62-57-13-9-8-11-47(57)39-60(62)92-44-55(84)43-79-35-37-91-38-36-79/h8-27,30-31,34,40-42,45,52,55,60,62-64,84H,28-29,32-33,35-39,43-44H2,1-7H3,(H,73,75)(H,76,85)(H,77,86)/t55-,60-,62-,63?,64?/m0/s1. The molecule has 2 unspecified atom stereocenters. The number of ether oxygens (including phenoxy) is 3. The molecule has 1 aliphatic carbocycles. The van der Waals surface area contributed by atoms with Crippen LogP contribution in [-0.4, -0.2) is 152 Å². The predicted octanol–water partition coefficient (Wildman–Crippen LogP) is 8.68. The van der Waals surface area contributed by atoms with Crippen molar-refractivity contribution in [3.8, 4) is 11.6 Å². The molecule has 2 fully saturated rings. The summed E-state index contributed by atoms with van der Waals surface area (Å²) in [6, 6.07) is 34.7. The number of pyridine rings is 2. The summed E-state index contributed by atoms with van der Waals surface area (Å²) in [5, 5.41) is 22.6. The second-order valence-electron chi connectivity index (χ2n) is 25.7. The first-order valence-corrected chi connectivity index (χ1v) is 31.3. The lowest BCUT2D eigenvalue weighted by atomic mass is 9.87. The van der Waals surface area contributed by atoms with Crippen LogP contribution < -0.4 is 25.2 Å². The van der Waals surface area contributed by atoms with Crippen LogP contribution in [0.2, 0.25) is 0 Å². The number of aromatic nitrogens is 6. The van der Waals surface area contributed by atoms with Gasteiger partial charge in [-0.15, -0.1) is 0 Å². The molecule has 21 nitrogen and oxygen atoms in total. The molecule has 6 heterocycles. The number of benzene rings is 4. The van der Waals surface area contributed by atoms with E-state index in [1.807, 2.05) is 72.8 Å². The number of morpholine rings is 1. The summed E-state index contributed by atoms with van der Waals surface area (Å²) in [5.41, 5.74) is 5.71. The van der Waals surface area contributed by atoms with Gasteiger partial charge in [0, 0.05) is 104 Å². The number of aliphatic hydroxyl groups excluding tert-OH is 1. The highest BCUT2D eigenvalue weighted by Crippen LogP contribution is 2.38. The van der Waals surface area contributed by atoms with E-state index in [-0.39, 0.29) is 46.6 Å². The van der Waals surface area contributed by atoms with Gasteiger partial charge >= 0.3 is 0 Å². The lowest BCUT2D eigenvalue weighted by molar-refractivity contribution is -0.125. The lowest BCUT2D eigenvalue weighted by Crippen LogP contribution is -2.50. The number of fused-ring (bicyclic) bond motifs is 1. The zero-order valence-corrected chi connectivity index (χ0v) is 53.1. The minimum atomic E-state index is -1.35.